The number of ether oxygens (including phenoxy) is 1. The van der Waals surface area contributed by atoms with Crippen LogP contribution in [0, 0.1) is 6.92 Å². The number of rotatable bonds is 3. The predicted molar refractivity (Wildman–Crippen MR) is 74.3 cm³/mol. The number of carbonyl (C=O) groups excluding carboxylic acids is 1. The summed E-state index contributed by atoms with van der Waals surface area (Å²) in [6.07, 6.45) is 3.05. The third-order valence-corrected chi connectivity index (χ3v) is 2.78. The van der Waals surface area contributed by atoms with Gasteiger partial charge in [0.25, 0.3) is 5.91 Å². The molecule has 1 aromatic carbocycles. The first-order valence-electron chi connectivity index (χ1n) is 5.77. The number of nitrogens with one attached hydrogen (secondary N) is 1. The summed E-state index contributed by atoms with van der Waals surface area (Å²) < 4.78 is 5.10. The molecule has 1 heterocycles. The van der Waals surface area contributed by atoms with Crippen molar-refractivity contribution in [1.29, 1.82) is 0 Å². The summed E-state index contributed by atoms with van der Waals surface area (Å²) in [6.45, 7) is 1.89. The van der Waals surface area contributed by atoms with Crippen LogP contribution in [0.1, 0.15) is 15.9 Å². The van der Waals surface area contributed by atoms with Crippen molar-refractivity contribution in [2.24, 2.45) is 0 Å². The molecule has 0 fully saturated rings. The highest BCUT2D eigenvalue weighted by Gasteiger charge is 2.12. The van der Waals surface area contributed by atoms with Gasteiger partial charge in [-0.15, -0.1) is 0 Å². The maximum Gasteiger partial charge on any atom is 0.259 e. The van der Waals surface area contributed by atoms with E-state index in [9.17, 15) is 4.79 Å². The maximum atomic E-state index is 12.1. The second-order valence-electron chi connectivity index (χ2n) is 4.10. The molecule has 2 rings (SSSR count). The van der Waals surface area contributed by atoms with Gasteiger partial charge in [0.2, 0.25) is 0 Å². The zero-order valence-corrected chi connectivity index (χ0v) is 10.8. The number of methoxy groups -OCH3 is 1. The highest BCUT2D eigenvalue weighted by molar-refractivity contribution is 6.06. The fourth-order valence-electron chi connectivity index (χ4n) is 1.68. The average Bonchev–Trinajstić information content (AvgIpc) is 2.43. The van der Waals surface area contributed by atoms with Gasteiger partial charge in [0.1, 0.15) is 5.75 Å². The van der Waals surface area contributed by atoms with E-state index in [4.69, 9.17) is 10.5 Å². The molecule has 0 aliphatic rings. The summed E-state index contributed by atoms with van der Waals surface area (Å²) >= 11 is 0. The number of amides is 1. The van der Waals surface area contributed by atoms with Gasteiger partial charge < -0.3 is 15.8 Å². The number of hydrogen-bond acceptors (Lipinski definition) is 4. The molecule has 0 radical (unpaired) electrons. The lowest BCUT2D eigenvalue weighted by atomic mass is 10.1. The van der Waals surface area contributed by atoms with Crippen LogP contribution in [0.2, 0.25) is 0 Å². The van der Waals surface area contributed by atoms with Crippen molar-refractivity contribution in [1.82, 2.24) is 4.98 Å². The fourth-order valence-corrected chi connectivity index (χ4v) is 1.68. The first-order valence-corrected chi connectivity index (χ1v) is 5.77. The Morgan fingerprint density at radius 2 is 2.16 bits per heavy atom. The summed E-state index contributed by atoms with van der Waals surface area (Å²) in [5.41, 5.74) is 8.47. The Morgan fingerprint density at radius 1 is 1.37 bits per heavy atom. The molecule has 0 aliphatic carbocycles. The van der Waals surface area contributed by atoms with E-state index >= 15 is 0 Å². The quantitative estimate of drug-likeness (QED) is 0.827. The van der Waals surface area contributed by atoms with Crippen LogP contribution in [-0.4, -0.2) is 18.0 Å². The van der Waals surface area contributed by atoms with Crippen molar-refractivity contribution in [2.75, 3.05) is 18.2 Å². The molecule has 0 atom stereocenters. The molecular weight excluding hydrogens is 242 g/mol. The third-order valence-electron chi connectivity index (χ3n) is 2.78. The van der Waals surface area contributed by atoms with Gasteiger partial charge >= 0.3 is 0 Å². The zero-order valence-electron chi connectivity index (χ0n) is 10.8. The second kappa shape index (κ2) is 5.39. The Hall–Kier alpha value is -2.56. The number of anilines is 2. The Labute approximate surface area is 111 Å². The van der Waals surface area contributed by atoms with E-state index in [-0.39, 0.29) is 5.91 Å². The molecule has 0 saturated carbocycles. The molecule has 1 aromatic heterocycles. The van der Waals surface area contributed by atoms with Gasteiger partial charge in [-0.2, -0.15) is 0 Å². The lowest BCUT2D eigenvalue weighted by Gasteiger charge is -2.09. The predicted octanol–water partition coefficient (Wildman–Crippen LogP) is 2.23. The standard InChI is InChI=1S/C14H15N3O2/c1-9-7-10(3-4-12(9)15)17-14(18)11-5-6-16-8-13(11)19-2/h3-8H,15H2,1-2H3,(H,17,18). The van der Waals surface area contributed by atoms with Crippen molar-refractivity contribution in [3.63, 3.8) is 0 Å². The van der Waals surface area contributed by atoms with E-state index in [0.717, 1.165) is 5.56 Å². The van der Waals surface area contributed by atoms with Crippen LogP contribution >= 0.6 is 0 Å². The van der Waals surface area contributed by atoms with E-state index in [0.29, 0.717) is 22.7 Å². The zero-order chi connectivity index (χ0) is 13.8. The third kappa shape index (κ3) is 2.82. The van der Waals surface area contributed by atoms with Crippen LogP contribution in [-0.2, 0) is 0 Å². The molecule has 0 aliphatic heterocycles. The minimum absolute atomic E-state index is 0.247. The van der Waals surface area contributed by atoms with Crippen molar-refractivity contribution < 1.29 is 9.53 Å². The molecule has 0 unspecified atom stereocenters. The topological polar surface area (TPSA) is 77.2 Å². The number of nitrogen functional groups attached to an aromatic ring is 1. The molecule has 0 saturated heterocycles. The number of carbonyl (C=O) groups is 1. The molecule has 0 bridgehead atoms. The maximum absolute atomic E-state index is 12.1. The van der Waals surface area contributed by atoms with Gasteiger partial charge in [-0.3, -0.25) is 9.78 Å². The van der Waals surface area contributed by atoms with E-state index in [1.165, 1.54) is 13.3 Å². The largest absolute Gasteiger partial charge is 0.494 e. The van der Waals surface area contributed by atoms with Crippen LogP contribution in [0.15, 0.2) is 36.7 Å². The second-order valence-corrected chi connectivity index (χ2v) is 4.10. The number of pyridine rings is 1. The SMILES string of the molecule is COc1cnccc1C(=O)Nc1ccc(N)c(C)c1. The number of aryl methyl sites for hydroxylation is 1. The van der Waals surface area contributed by atoms with Crippen molar-refractivity contribution in [3.8, 4) is 5.75 Å². The van der Waals surface area contributed by atoms with Gasteiger partial charge in [-0.1, -0.05) is 0 Å². The minimum Gasteiger partial charge on any atom is -0.494 e. The molecule has 1 amide bonds. The number of nitrogens with zero attached hydrogens (tertiary/aromatic N) is 1. The van der Waals surface area contributed by atoms with Crippen LogP contribution in [0.25, 0.3) is 0 Å². The van der Waals surface area contributed by atoms with Crippen molar-refractivity contribution in [3.05, 3.63) is 47.8 Å². The van der Waals surface area contributed by atoms with Crippen molar-refractivity contribution >= 4 is 17.3 Å². The van der Waals surface area contributed by atoms with Crippen LogP contribution < -0.4 is 15.8 Å². The normalized spacial score (nSPS) is 10.0. The number of hydrogen-bond donors (Lipinski definition) is 2. The molecule has 3 N–H and O–H groups in total. The Morgan fingerprint density at radius 3 is 2.84 bits per heavy atom. The summed E-state index contributed by atoms with van der Waals surface area (Å²) in [5.74, 6) is 0.190. The Kier molecular flexibility index (Phi) is 3.66. The van der Waals surface area contributed by atoms with Crippen LogP contribution in [0.5, 0.6) is 5.75 Å². The van der Waals surface area contributed by atoms with Crippen molar-refractivity contribution in [2.45, 2.75) is 6.92 Å². The molecule has 98 valence electrons. The van der Waals surface area contributed by atoms with Gasteiger partial charge in [0.15, 0.2) is 0 Å². The first-order chi connectivity index (χ1) is 9.11. The summed E-state index contributed by atoms with van der Waals surface area (Å²) in [4.78, 5) is 16.0. The number of nitrogens with two attached hydrogens (primary N) is 1. The molecule has 2 aromatic rings. The lowest BCUT2D eigenvalue weighted by molar-refractivity contribution is 0.102. The fraction of sp³-hybridized carbons (Fsp3) is 0.143. The lowest BCUT2D eigenvalue weighted by Crippen LogP contribution is -2.13. The highest BCUT2D eigenvalue weighted by Crippen LogP contribution is 2.20. The molecule has 5 nitrogen and oxygen atoms in total. The van der Waals surface area contributed by atoms with Gasteiger partial charge in [-0.25, -0.2) is 0 Å². The highest BCUT2D eigenvalue weighted by atomic mass is 16.5. The van der Waals surface area contributed by atoms with Gasteiger partial charge in [0, 0.05) is 17.6 Å². The van der Waals surface area contributed by atoms with Crippen LogP contribution in [0.4, 0.5) is 11.4 Å². The van der Waals surface area contributed by atoms with Gasteiger partial charge in [-0.05, 0) is 36.8 Å². The first kappa shape index (κ1) is 12.9. The summed E-state index contributed by atoms with van der Waals surface area (Å²) in [5, 5.41) is 2.80. The molecular formula is C14H15N3O2. The van der Waals surface area contributed by atoms with E-state index < -0.39 is 0 Å². The summed E-state index contributed by atoms with van der Waals surface area (Å²) in [6, 6.07) is 6.95. The molecule has 5 heteroatoms. The smallest absolute Gasteiger partial charge is 0.259 e. The number of aromatic nitrogens is 1. The Balaban J connectivity index is 2.23. The Bertz CT molecular complexity index is 611. The van der Waals surface area contributed by atoms with E-state index in [1.54, 1.807) is 24.4 Å². The monoisotopic (exact) mass is 257 g/mol. The minimum atomic E-state index is -0.247. The van der Waals surface area contributed by atoms with E-state index in [2.05, 4.69) is 10.3 Å². The molecule has 0 spiro atoms. The average molecular weight is 257 g/mol. The molecule has 19 heavy (non-hydrogen) atoms. The number of benzene rings is 1. The summed E-state index contributed by atoms with van der Waals surface area (Å²) in [7, 11) is 1.50. The van der Waals surface area contributed by atoms with Gasteiger partial charge in [0.05, 0.1) is 18.9 Å². The van der Waals surface area contributed by atoms with Crippen LogP contribution in [0.3, 0.4) is 0 Å². The van der Waals surface area contributed by atoms with E-state index in [1.807, 2.05) is 13.0 Å².